The van der Waals surface area contributed by atoms with Crippen LogP contribution in [-0.4, -0.2) is 32.2 Å². The van der Waals surface area contributed by atoms with Crippen LogP contribution in [0, 0.1) is 3.57 Å². The summed E-state index contributed by atoms with van der Waals surface area (Å²) in [6.45, 7) is -0.468. The van der Waals surface area contributed by atoms with Crippen molar-refractivity contribution >= 4 is 40.2 Å². The van der Waals surface area contributed by atoms with Gasteiger partial charge >= 0.3 is 5.97 Å². The molecule has 1 aromatic rings. The first-order valence-electron chi connectivity index (χ1n) is 4.82. The van der Waals surface area contributed by atoms with Crippen LogP contribution >= 0.6 is 22.6 Å². The minimum absolute atomic E-state index is 0.156. The van der Waals surface area contributed by atoms with Gasteiger partial charge in [-0.1, -0.05) is 6.07 Å². The first-order valence-corrected chi connectivity index (χ1v) is 5.89. The smallest absolute Gasteiger partial charge is 0.332 e. The number of hydrogen-bond acceptors (Lipinski definition) is 4. The van der Waals surface area contributed by atoms with E-state index in [0.717, 1.165) is 3.57 Å². The number of ether oxygens (including phenoxy) is 2. The number of carbonyl (C=O) groups is 2. The summed E-state index contributed by atoms with van der Waals surface area (Å²) < 4.78 is 10.2. The van der Waals surface area contributed by atoms with Crippen LogP contribution in [0.3, 0.4) is 0 Å². The topological polar surface area (TPSA) is 64.6 Å². The maximum absolute atomic E-state index is 11.4. The fourth-order valence-corrected chi connectivity index (χ4v) is 1.61. The molecule has 0 bridgehead atoms. The zero-order chi connectivity index (χ0) is 12.7. The van der Waals surface area contributed by atoms with Crippen LogP contribution in [0.4, 0.5) is 5.69 Å². The van der Waals surface area contributed by atoms with Crippen LogP contribution in [0.25, 0.3) is 0 Å². The molecule has 0 spiro atoms. The number of methoxy groups -OCH3 is 1. The standard InChI is InChI=1S/C11H12INO4/c1-16-7-11(15)17-6-10(14)13-9-4-2-3-8(12)5-9/h2-5H,6-7H2,1H3,(H,13,14). The number of anilines is 1. The van der Waals surface area contributed by atoms with Gasteiger partial charge in [-0.15, -0.1) is 0 Å². The average molecular weight is 349 g/mol. The first kappa shape index (κ1) is 13.9. The second-order valence-corrected chi connectivity index (χ2v) is 4.40. The van der Waals surface area contributed by atoms with Gasteiger partial charge in [0, 0.05) is 16.4 Å². The minimum Gasteiger partial charge on any atom is -0.454 e. The number of hydrogen-bond donors (Lipinski definition) is 1. The van der Waals surface area contributed by atoms with E-state index in [4.69, 9.17) is 0 Å². The summed E-state index contributed by atoms with van der Waals surface area (Å²) in [5.41, 5.74) is 0.671. The second kappa shape index (κ2) is 7.23. The molecule has 1 N–H and O–H groups in total. The highest BCUT2D eigenvalue weighted by Gasteiger charge is 2.07. The summed E-state index contributed by atoms with van der Waals surface area (Å²) in [6.07, 6.45) is 0. The number of benzene rings is 1. The van der Waals surface area contributed by atoms with Gasteiger partial charge in [0.25, 0.3) is 5.91 Å². The van der Waals surface area contributed by atoms with E-state index in [-0.39, 0.29) is 19.1 Å². The Morgan fingerprint density at radius 3 is 2.76 bits per heavy atom. The monoisotopic (exact) mass is 349 g/mol. The van der Waals surface area contributed by atoms with Crippen molar-refractivity contribution in [2.45, 2.75) is 0 Å². The molecule has 0 unspecified atom stereocenters. The Morgan fingerprint density at radius 2 is 2.12 bits per heavy atom. The zero-order valence-electron chi connectivity index (χ0n) is 9.23. The van der Waals surface area contributed by atoms with Gasteiger partial charge in [0.2, 0.25) is 0 Å². The molecule has 0 saturated carbocycles. The molecule has 0 radical (unpaired) electrons. The highest BCUT2D eigenvalue weighted by molar-refractivity contribution is 14.1. The molecule has 1 rings (SSSR count). The zero-order valence-corrected chi connectivity index (χ0v) is 11.4. The molecule has 17 heavy (non-hydrogen) atoms. The van der Waals surface area contributed by atoms with E-state index < -0.39 is 5.97 Å². The Morgan fingerprint density at radius 1 is 1.35 bits per heavy atom. The largest absolute Gasteiger partial charge is 0.454 e. The van der Waals surface area contributed by atoms with Crippen molar-refractivity contribution in [3.8, 4) is 0 Å². The summed E-state index contributed by atoms with van der Waals surface area (Å²) in [7, 11) is 1.38. The van der Waals surface area contributed by atoms with E-state index in [2.05, 4.69) is 37.4 Å². The summed E-state index contributed by atoms with van der Waals surface area (Å²) in [4.78, 5) is 22.3. The van der Waals surface area contributed by atoms with E-state index in [1.165, 1.54) is 7.11 Å². The van der Waals surface area contributed by atoms with E-state index in [1.54, 1.807) is 6.07 Å². The van der Waals surface area contributed by atoms with Gasteiger partial charge in [-0.3, -0.25) is 4.79 Å². The fourth-order valence-electron chi connectivity index (χ4n) is 1.07. The molecule has 0 aliphatic heterocycles. The van der Waals surface area contributed by atoms with Gasteiger partial charge in [0.05, 0.1) is 0 Å². The number of carbonyl (C=O) groups excluding carboxylic acids is 2. The summed E-state index contributed by atoms with van der Waals surface area (Å²) >= 11 is 2.14. The number of rotatable bonds is 5. The van der Waals surface area contributed by atoms with Crippen LogP contribution in [0.1, 0.15) is 0 Å². The molecule has 0 aliphatic rings. The number of esters is 1. The number of halogens is 1. The lowest BCUT2D eigenvalue weighted by Crippen LogP contribution is -2.22. The third-order valence-corrected chi connectivity index (χ3v) is 2.41. The maximum Gasteiger partial charge on any atom is 0.332 e. The molecule has 0 fully saturated rings. The number of amides is 1. The summed E-state index contributed by atoms with van der Waals surface area (Å²) in [6, 6.07) is 7.32. The van der Waals surface area contributed by atoms with Gasteiger partial charge in [-0.05, 0) is 40.8 Å². The molecule has 0 heterocycles. The summed E-state index contributed by atoms with van der Waals surface area (Å²) in [5, 5.41) is 2.62. The van der Waals surface area contributed by atoms with Crippen molar-refractivity contribution in [1.29, 1.82) is 0 Å². The predicted molar refractivity (Wildman–Crippen MR) is 70.6 cm³/mol. The van der Waals surface area contributed by atoms with Crippen molar-refractivity contribution in [1.82, 2.24) is 0 Å². The summed E-state index contributed by atoms with van der Waals surface area (Å²) in [5.74, 6) is -0.943. The molecular formula is C11H12INO4. The van der Waals surface area contributed by atoms with Crippen molar-refractivity contribution in [2.75, 3.05) is 25.6 Å². The minimum atomic E-state index is -0.565. The van der Waals surface area contributed by atoms with E-state index in [1.807, 2.05) is 18.2 Å². The quantitative estimate of drug-likeness (QED) is 0.645. The lowest BCUT2D eigenvalue weighted by Gasteiger charge is -2.06. The Balaban J connectivity index is 2.37. The van der Waals surface area contributed by atoms with Crippen molar-refractivity contribution < 1.29 is 19.1 Å². The number of nitrogens with one attached hydrogen (secondary N) is 1. The van der Waals surface area contributed by atoms with Crippen molar-refractivity contribution in [2.24, 2.45) is 0 Å². The Bertz CT molecular complexity index is 408. The van der Waals surface area contributed by atoms with E-state index >= 15 is 0 Å². The van der Waals surface area contributed by atoms with Crippen molar-refractivity contribution in [3.05, 3.63) is 27.8 Å². The van der Waals surface area contributed by atoms with Crippen LogP contribution in [0.15, 0.2) is 24.3 Å². The second-order valence-electron chi connectivity index (χ2n) is 3.15. The highest BCUT2D eigenvalue weighted by atomic mass is 127. The lowest BCUT2D eigenvalue weighted by atomic mass is 10.3. The molecule has 1 aromatic carbocycles. The van der Waals surface area contributed by atoms with E-state index in [0.29, 0.717) is 5.69 Å². The molecule has 92 valence electrons. The molecule has 0 atom stereocenters. The van der Waals surface area contributed by atoms with Crippen LogP contribution < -0.4 is 5.32 Å². The molecule has 0 aliphatic carbocycles. The highest BCUT2D eigenvalue weighted by Crippen LogP contribution is 2.11. The van der Waals surface area contributed by atoms with Gasteiger partial charge in [-0.2, -0.15) is 0 Å². The van der Waals surface area contributed by atoms with Gasteiger partial charge < -0.3 is 14.8 Å². The third-order valence-electron chi connectivity index (χ3n) is 1.73. The van der Waals surface area contributed by atoms with Gasteiger partial charge in [-0.25, -0.2) is 4.79 Å². The Hall–Kier alpha value is -1.15. The Labute approximate surface area is 113 Å². The molecule has 1 amide bonds. The average Bonchev–Trinajstić information content (AvgIpc) is 2.27. The maximum atomic E-state index is 11.4. The molecule has 5 nitrogen and oxygen atoms in total. The molecular weight excluding hydrogens is 337 g/mol. The van der Waals surface area contributed by atoms with Crippen LogP contribution in [0.5, 0.6) is 0 Å². The SMILES string of the molecule is COCC(=O)OCC(=O)Nc1cccc(I)c1. The fraction of sp³-hybridized carbons (Fsp3) is 0.273. The Kier molecular flexibility index (Phi) is 5.92. The van der Waals surface area contributed by atoms with Crippen molar-refractivity contribution in [3.63, 3.8) is 0 Å². The van der Waals surface area contributed by atoms with Crippen LogP contribution in [0.2, 0.25) is 0 Å². The lowest BCUT2D eigenvalue weighted by molar-refractivity contribution is -0.150. The molecule has 6 heteroatoms. The third kappa shape index (κ3) is 5.64. The molecule has 0 aromatic heterocycles. The van der Waals surface area contributed by atoms with E-state index in [9.17, 15) is 9.59 Å². The normalized spacial score (nSPS) is 9.76. The first-order chi connectivity index (χ1) is 8.11. The van der Waals surface area contributed by atoms with Gasteiger partial charge in [0.15, 0.2) is 6.61 Å². The molecule has 0 saturated heterocycles. The predicted octanol–water partition coefficient (Wildman–Crippen LogP) is 1.42. The van der Waals surface area contributed by atoms with Crippen LogP contribution in [-0.2, 0) is 19.1 Å². The van der Waals surface area contributed by atoms with Gasteiger partial charge in [0.1, 0.15) is 6.61 Å².